The van der Waals surface area contributed by atoms with E-state index in [9.17, 15) is 9.59 Å². The summed E-state index contributed by atoms with van der Waals surface area (Å²) in [5.74, 6) is 0.683. The van der Waals surface area contributed by atoms with Crippen LogP contribution in [0.15, 0.2) is 66.9 Å². The lowest BCUT2D eigenvalue weighted by Crippen LogP contribution is -2.46. The number of methoxy groups -OCH3 is 1. The van der Waals surface area contributed by atoms with Crippen molar-refractivity contribution in [2.45, 2.75) is 39.2 Å². The van der Waals surface area contributed by atoms with Gasteiger partial charge in [-0.1, -0.05) is 44.5 Å². The fourth-order valence-corrected chi connectivity index (χ4v) is 4.47. The van der Waals surface area contributed by atoms with Crippen LogP contribution in [0.1, 0.15) is 50.4 Å². The van der Waals surface area contributed by atoms with Gasteiger partial charge in [0, 0.05) is 19.2 Å². The highest BCUT2D eigenvalue weighted by atomic mass is 16.5. The number of fused-ring (bicyclic) bond motifs is 3. The lowest BCUT2D eigenvalue weighted by Gasteiger charge is -2.39. The van der Waals surface area contributed by atoms with Gasteiger partial charge in [-0.25, -0.2) is 0 Å². The highest BCUT2D eigenvalue weighted by Crippen LogP contribution is 2.42. The fourth-order valence-electron chi connectivity index (χ4n) is 4.47. The molecule has 1 unspecified atom stereocenters. The molecular formula is C27H31N3O3. The van der Waals surface area contributed by atoms with Gasteiger partial charge in [0.05, 0.1) is 24.2 Å². The van der Waals surface area contributed by atoms with Crippen LogP contribution in [-0.2, 0) is 9.59 Å². The van der Waals surface area contributed by atoms with Crippen LogP contribution >= 0.6 is 0 Å². The highest BCUT2D eigenvalue weighted by Gasteiger charge is 2.36. The monoisotopic (exact) mass is 445 g/mol. The molecule has 2 aromatic carbocycles. The topological polar surface area (TPSA) is 54.8 Å². The molecule has 2 heterocycles. The summed E-state index contributed by atoms with van der Waals surface area (Å²) < 4.78 is 7.48. The van der Waals surface area contributed by atoms with Gasteiger partial charge in [-0.2, -0.15) is 0 Å². The second kappa shape index (κ2) is 9.94. The number of unbranched alkanes of at least 4 members (excludes halogenated alkanes) is 1. The molecule has 1 atom stereocenters. The minimum absolute atomic E-state index is 0.00599. The predicted molar refractivity (Wildman–Crippen MR) is 130 cm³/mol. The Morgan fingerprint density at radius 2 is 1.70 bits per heavy atom. The summed E-state index contributed by atoms with van der Waals surface area (Å²) in [7, 11) is 1.64. The maximum absolute atomic E-state index is 13.9. The normalized spacial score (nSPS) is 14.4. The lowest BCUT2D eigenvalue weighted by atomic mass is 9.97. The van der Waals surface area contributed by atoms with E-state index in [4.69, 9.17) is 4.74 Å². The third-order valence-electron chi connectivity index (χ3n) is 6.18. The maximum atomic E-state index is 13.9. The quantitative estimate of drug-likeness (QED) is 0.492. The molecule has 2 amide bonds. The Kier molecular flexibility index (Phi) is 6.82. The van der Waals surface area contributed by atoms with Gasteiger partial charge < -0.3 is 14.2 Å². The van der Waals surface area contributed by atoms with Crippen LogP contribution in [0.4, 0.5) is 5.69 Å². The molecule has 0 bridgehead atoms. The Labute approximate surface area is 195 Å². The first-order valence-electron chi connectivity index (χ1n) is 11.6. The molecule has 172 valence electrons. The Morgan fingerprint density at radius 3 is 2.36 bits per heavy atom. The second-order valence-corrected chi connectivity index (χ2v) is 8.25. The third-order valence-corrected chi connectivity index (χ3v) is 6.18. The molecule has 0 spiro atoms. The first-order valence-corrected chi connectivity index (χ1v) is 11.6. The molecule has 1 aliphatic heterocycles. The summed E-state index contributed by atoms with van der Waals surface area (Å²) >= 11 is 0. The summed E-state index contributed by atoms with van der Waals surface area (Å²) in [6.07, 6.45) is 4.26. The predicted octanol–water partition coefficient (Wildman–Crippen LogP) is 4.96. The number of ether oxygens (including phenoxy) is 1. The number of carbonyl (C=O) groups excluding carboxylic acids is 2. The second-order valence-electron chi connectivity index (χ2n) is 8.25. The van der Waals surface area contributed by atoms with Crippen molar-refractivity contribution in [3.63, 3.8) is 0 Å². The fraction of sp³-hybridized carbons (Fsp3) is 0.333. The molecule has 0 fully saturated rings. The minimum atomic E-state index is -0.307. The van der Waals surface area contributed by atoms with Crippen LogP contribution < -0.4 is 9.64 Å². The van der Waals surface area contributed by atoms with Crippen molar-refractivity contribution in [3.05, 3.63) is 78.1 Å². The van der Waals surface area contributed by atoms with E-state index in [1.807, 2.05) is 72.6 Å². The molecule has 0 saturated heterocycles. The minimum Gasteiger partial charge on any atom is -0.497 e. The summed E-state index contributed by atoms with van der Waals surface area (Å²) in [6, 6.07) is 19.5. The van der Waals surface area contributed by atoms with E-state index < -0.39 is 0 Å². The molecule has 4 rings (SSSR count). The SMILES string of the molecule is CCCCN(CC(=O)N1c2ccccc2-n2cccc2C1c1ccc(OC)cc1)C(=O)CC. The van der Waals surface area contributed by atoms with Crippen molar-refractivity contribution in [2.75, 3.05) is 25.1 Å². The molecule has 1 aromatic heterocycles. The van der Waals surface area contributed by atoms with Crippen molar-refractivity contribution in [1.82, 2.24) is 9.47 Å². The van der Waals surface area contributed by atoms with Gasteiger partial charge in [-0.3, -0.25) is 14.5 Å². The molecule has 6 nitrogen and oxygen atoms in total. The molecular weight excluding hydrogens is 414 g/mol. The van der Waals surface area contributed by atoms with Crippen molar-refractivity contribution in [3.8, 4) is 11.4 Å². The number of aromatic nitrogens is 1. The van der Waals surface area contributed by atoms with Gasteiger partial charge in [0.2, 0.25) is 11.8 Å². The van der Waals surface area contributed by atoms with Crippen LogP contribution in [0.5, 0.6) is 5.75 Å². The highest BCUT2D eigenvalue weighted by molar-refractivity contribution is 6.00. The number of rotatable bonds is 8. The first kappa shape index (κ1) is 22.6. The lowest BCUT2D eigenvalue weighted by molar-refractivity contribution is -0.135. The smallest absolute Gasteiger partial charge is 0.247 e. The Bertz CT molecular complexity index is 1120. The van der Waals surface area contributed by atoms with Crippen LogP contribution in [0.3, 0.4) is 0 Å². The number of nitrogens with zero attached hydrogens (tertiary/aromatic N) is 3. The van der Waals surface area contributed by atoms with Crippen LogP contribution in [-0.4, -0.2) is 41.5 Å². The molecule has 0 radical (unpaired) electrons. The number of hydrogen-bond acceptors (Lipinski definition) is 3. The van der Waals surface area contributed by atoms with E-state index in [2.05, 4.69) is 17.6 Å². The number of amides is 2. The van der Waals surface area contributed by atoms with Gasteiger partial charge in [0.25, 0.3) is 0 Å². The number of para-hydroxylation sites is 2. The number of benzene rings is 2. The van der Waals surface area contributed by atoms with E-state index in [0.29, 0.717) is 13.0 Å². The van der Waals surface area contributed by atoms with E-state index in [1.54, 1.807) is 12.0 Å². The molecule has 3 aromatic rings. The largest absolute Gasteiger partial charge is 0.497 e. The molecule has 33 heavy (non-hydrogen) atoms. The van der Waals surface area contributed by atoms with Gasteiger partial charge >= 0.3 is 0 Å². The van der Waals surface area contributed by atoms with Crippen LogP contribution in [0, 0.1) is 0 Å². The zero-order chi connectivity index (χ0) is 23.4. The molecule has 0 aliphatic carbocycles. The molecule has 0 saturated carbocycles. The number of anilines is 1. The Hall–Kier alpha value is -3.54. The van der Waals surface area contributed by atoms with Gasteiger partial charge in [-0.15, -0.1) is 0 Å². The molecule has 6 heteroatoms. The summed E-state index contributed by atoms with van der Waals surface area (Å²) in [6.45, 7) is 4.59. The third kappa shape index (κ3) is 4.38. The maximum Gasteiger partial charge on any atom is 0.247 e. The Balaban J connectivity index is 1.78. The average molecular weight is 446 g/mol. The van der Waals surface area contributed by atoms with Gasteiger partial charge in [-0.05, 0) is 48.4 Å². The van der Waals surface area contributed by atoms with Gasteiger partial charge in [0.15, 0.2) is 0 Å². The van der Waals surface area contributed by atoms with Gasteiger partial charge in [0.1, 0.15) is 18.3 Å². The number of carbonyl (C=O) groups is 2. The van der Waals surface area contributed by atoms with Crippen LogP contribution in [0.2, 0.25) is 0 Å². The molecule has 1 aliphatic rings. The van der Waals surface area contributed by atoms with Crippen molar-refractivity contribution < 1.29 is 14.3 Å². The van der Waals surface area contributed by atoms with E-state index >= 15 is 0 Å². The summed E-state index contributed by atoms with van der Waals surface area (Å²) in [4.78, 5) is 30.0. The zero-order valence-electron chi connectivity index (χ0n) is 19.5. The van der Waals surface area contributed by atoms with E-state index in [0.717, 1.165) is 41.2 Å². The first-order chi connectivity index (χ1) is 16.1. The average Bonchev–Trinajstić information content (AvgIpc) is 3.35. The summed E-state index contributed by atoms with van der Waals surface area (Å²) in [5, 5.41) is 0. The van der Waals surface area contributed by atoms with Crippen LogP contribution in [0.25, 0.3) is 5.69 Å². The van der Waals surface area contributed by atoms with Crippen molar-refractivity contribution in [2.24, 2.45) is 0 Å². The summed E-state index contributed by atoms with van der Waals surface area (Å²) in [5.41, 5.74) is 3.79. The number of hydrogen-bond donors (Lipinski definition) is 0. The standard InChI is InChI=1S/C27H31N3O3/c1-4-6-17-28(25(31)5-2)19-26(32)30-23-11-8-7-10-22(23)29-18-9-12-24(29)27(30)20-13-15-21(33-3)16-14-20/h7-16,18,27H,4-6,17,19H2,1-3H3. The van der Waals surface area contributed by atoms with Crippen molar-refractivity contribution in [1.29, 1.82) is 0 Å². The van der Waals surface area contributed by atoms with Crippen molar-refractivity contribution >= 4 is 17.5 Å². The zero-order valence-corrected chi connectivity index (χ0v) is 19.5. The molecule has 0 N–H and O–H groups in total. The Morgan fingerprint density at radius 1 is 0.970 bits per heavy atom. The van der Waals surface area contributed by atoms with E-state index in [-0.39, 0.29) is 24.4 Å². The van der Waals surface area contributed by atoms with E-state index in [1.165, 1.54) is 0 Å².